The van der Waals surface area contributed by atoms with E-state index in [1.54, 1.807) is 12.1 Å². The van der Waals surface area contributed by atoms with Crippen molar-refractivity contribution in [1.29, 1.82) is 0 Å². The van der Waals surface area contributed by atoms with Crippen LogP contribution in [-0.2, 0) is 4.79 Å². The third kappa shape index (κ3) is 1.96. The Kier molecular flexibility index (Phi) is 3.08. The Morgan fingerprint density at radius 1 is 1.42 bits per heavy atom. The maximum Gasteiger partial charge on any atom is 0.240 e. The maximum absolute atomic E-state index is 10.8. The van der Waals surface area contributed by atoms with Crippen molar-refractivity contribution in [2.75, 3.05) is 0 Å². The molecule has 1 atom stereocenters. The zero-order valence-corrected chi connectivity index (χ0v) is 7.08. The van der Waals surface area contributed by atoms with Crippen LogP contribution < -0.4 is 10.6 Å². The van der Waals surface area contributed by atoms with E-state index in [1.807, 2.05) is 18.2 Å². The second-order valence-corrected chi connectivity index (χ2v) is 2.57. The first-order valence-electron chi connectivity index (χ1n) is 3.46. The largest absolute Gasteiger partial charge is 0.368 e. The lowest BCUT2D eigenvalue weighted by molar-refractivity contribution is -0.119. The molecule has 3 N–H and O–H groups in total. The molecular weight excluding hydrogens is 176 g/mol. The predicted molar refractivity (Wildman–Crippen MR) is 47.4 cm³/mol. The highest BCUT2D eigenvalue weighted by Gasteiger charge is 2.14. The number of primary amides is 1. The van der Waals surface area contributed by atoms with Gasteiger partial charge in [-0.1, -0.05) is 30.3 Å². The van der Waals surface area contributed by atoms with Crippen molar-refractivity contribution in [3.8, 4) is 0 Å². The Hall–Kier alpha value is -1.06. The van der Waals surface area contributed by atoms with Crippen molar-refractivity contribution < 1.29 is 4.79 Å². The number of carbonyl (C=O) groups excluding carboxylic acids is 1. The van der Waals surface area contributed by atoms with Gasteiger partial charge in [0.1, 0.15) is 6.04 Å². The lowest BCUT2D eigenvalue weighted by atomic mass is 10.1. The molecule has 0 saturated heterocycles. The Bertz CT molecular complexity index is 263. The van der Waals surface area contributed by atoms with E-state index >= 15 is 0 Å². The second kappa shape index (κ2) is 4.09. The molecule has 0 saturated carbocycles. The first-order valence-corrected chi connectivity index (χ1v) is 3.84. The van der Waals surface area contributed by atoms with Gasteiger partial charge in [0.2, 0.25) is 5.91 Å². The third-order valence-electron chi connectivity index (χ3n) is 1.53. The standard InChI is InChI=1S/C8H9ClN2O/c9-11-7(8(10)12)6-4-2-1-3-5-6/h1-5,7,11H,(H2,10,12)/t7-/m0/s1. The molecule has 0 bridgehead atoms. The van der Waals surface area contributed by atoms with Gasteiger partial charge in [0.25, 0.3) is 0 Å². The summed E-state index contributed by atoms with van der Waals surface area (Å²) in [6.45, 7) is 0. The van der Waals surface area contributed by atoms with Crippen LogP contribution in [-0.4, -0.2) is 5.91 Å². The van der Waals surface area contributed by atoms with Crippen LogP contribution in [0.1, 0.15) is 11.6 Å². The van der Waals surface area contributed by atoms with Crippen molar-refractivity contribution in [2.45, 2.75) is 6.04 Å². The summed E-state index contributed by atoms with van der Waals surface area (Å²) in [6.07, 6.45) is 0. The van der Waals surface area contributed by atoms with Crippen molar-refractivity contribution in [2.24, 2.45) is 5.73 Å². The van der Waals surface area contributed by atoms with Crippen LogP contribution in [0.15, 0.2) is 30.3 Å². The van der Waals surface area contributed by atoms with Crippen molar-refractivity contribution in [3.63, 3.8) is 0 Å². The molecule has 4 heteroatoms. The van der Waals surface area contributed by atoms with Crippen molar-refractivity contribution >= 4 is 17.7 Å². The molecule has 0 aliphatic carbocycles. The highest BCUT2D eigenvalue weighted by Crippen LogP contribution is 2.11. The number of nitrogens with one attached hydrogen (secondary N) is 1. The van der Waals surface area contributed by atoms with Gasteiger partial charge in [-0.2, -0.15) is 0 Å². The highest BCUT2D eigenvalue weighted by molar-refractivity contribution is 6.15. The number of halogens is 1. The molecular formula is C8H9ClN2O. The van der Waals surface area contributed by atoms with Gasteiger partial charge in [-0.15, -0.1) is 0 Å². The molecule has 12 heavy (non-hydrogen) atoms. The predicted octanol–water partition coefficient (Wildman–Crippen LogP) is 0.956. The summed E-state index contributed by atoms with van der Waals surface area (Å²) in [7, 11) is 0. The summed E-state index contributed by atoms with van der Waals surface area (Å²) in [6, 6.07) is 8.44. The summed E-state index contributed by atoms with van der Waals surface area (Å²) >= 11 is 5.35. The Morgan fingerprint density at radius 2 is 2.00 bits per heavy atom. The molecule has 0 fully saturated rings. The number of hydrogen-bond acceptors (Lipinski definition) is 2. The maximum atomic E-state index is 10.8. The molecule has 0 radical (unpaired) electrons. The minimum Gasteiger partial charge on any atom is -0.368 e. The van der Waals surface area contributed by atoms with Crippen LogP contribution in [0.25, 0.3) is 0 Å². The first kappa shape index (κ1) is 9.03. The molecule has 1 rings (SSSR count). The van der Waals surface area contributed by atoms with Crippen LogP contribution in [0.5, 0.6) is 0 Å². The topological polar surface area (TPSA) is 55.1 Å². The summed E-state index contributed by atoms with van der Waals surface area (Å²) in [5.74, 6) is -0.490. The van der Waals surface area contributed by atoms with Crippen LogP contribution in [0.2, 0.25) is 0 Å². The van der Waals surface area contributed by atoms with Gasteiger partial charge in [-0.3, -0.25) is 4.79 Å². The van der Waals surface area contributed by atoms with Gasteiger partial charge >= 0.3 is 0 Å². The molecule has 0 aliphatic heterocycles. The average Bonchev–Trinajstić information content (AvgIpc) is 2.07. The van der Waals surface area contributed by atoms with Gasteiger partial charge in [-0.25, -0.2) is 4.84 Å². The molecule has 0 heterocycles. The fraction of sp³-hybridized carbons (Fsp3) is 0.125. The summed E-state index contributed by atoms with van der Waals surface area (Å²) in [5.41, 5.74) is 5.86. The van der Waals surface area contributed by atoms with E-state index in [9.17, 15) is 4.79 Å². The number of hydrogen-bond donors (Lipinski definition) is 2. The Morgan fingerprint density at radius 3 is 2.42 bits per heavy atom. The summed E-state index contributed by atoms with van der Waals surface area (Å²) in [5, 5.41) is 0. The quantitative estimate of drug-likeness (QED) is 0.688. The number of carbonyl (C=O) groups is 1. The lowest BCUT2D eigenvalue weighted by Crippen LogP contribution is -2.28. The van der Waals surface area contributed by atoms with Gasteiger partial charge in [0.15, 0.2) is 0 Å². The molecule has 1 amide bonds. The van der Waals surface area contributed by atoms with E-state index in [4.69, 9.17) is 17.5 Å². The van der Waals surface area contributed by atoms with Crippen LogP contribution in [0, 0.1) is 0 Å². The first-order chi connectivity index (χ1) is 5.75. The van der Waals surface area contributed by atoms with E-state index in [2.05, 4.69) is 4.84 Å². The summed E-state index contributed by atoms with van der Waals surface area (Å²) in [4.78, 5) is 13.1. The second-order valence-electron chi connectivity index (χ2n) is 2.36. The normalized spacial score (nSPS) is 12.4. The number of amides is 1. The van der Waals surface area contributed by atoms with Gasteiger partial charge in [-0.05, 0) is 17.3 Å². The number of rotatable bonds is 3. The smallest absolute Gasteiger partial charge is 0.240 e. The highest BCUT2D eigenvalue weighted by atomic mass is 35.5. The molecule has 0 aliphatic rings. The Labute approximate surface area is 75.6 Å². The molecule has 64 valence electrons. The van der Waals surface area contributed by atoms with E-state index in [0.717, 1.165) is 5.56 Å². The van der Waals surface area contributed by atoms with Crippen LogP contribution in [0.3, 0.4) is 0 Å². The van der Waals surface area contributed by atoms with E-state index in [0.29, 0.717) is 0 Å². The average molecular weight is 185 g/mol. The molecule has 0 spiro atoms. The molecule has 0 unspecified atom stereocenters. The van der Waals surface area contributed by atoms with E-state index in [1.165, 1.54) is 0 Å². The zero-order chi connectivity index (χ0) is 8.97. The molecule has 3 nitrogen and oxygen atoms in total. The molecule has 1 aromatic rings. The zero-order valence-electron chi connectivity index (χ0n) is 6.33. The van der Waals surface area contributed by atoms with Crippen LogP contribution in [0.4, 0.5) is 0 Å². The third-order valence-corrected chi connectivity index (χ3v) is 1.74. The van der Waals surface area contributed by atoms with Crippen LogP contribution >= 0.6 is 11.8 Å². The van der Waals surface area contributed by atoms with E-state index < -0.39 is 11.9 Å². The molecule has 0 aromatic heterocycles. The monoisotopic (exact) mass is 184 g/mol. The van der Waals surface area contributed by atoms with Gasteiger partial charge < -0.3 is 5.73 Å². The lowest BCUT2D eigenvalue weighted by Gasteiger charge is -2.09. The fourth-order valence-electron chi connectivity index (χ4n) is 0.927. The van der Waals surface area contributed by atoms with Crippen molar-refractivity contribution in [1.82, 2.24) is 4.84 Å². The number of nitrogens with two attached hydrogens (primary N) is 1. The Balaban J connectivity index is 2.88. The summed E-state index contributed by atoms with van der Waals surface area (Å²) < 4.78 is 0. The molecule has 1 aromatic carbocycles. The fourth-order valence-corrected chi connectivity index (χ4v) is 1.16. The number of benzene rings is 1. The van der Waals surface area contributed by atoms with Crippen molar-refractivity contribution in [3.05, 3.63) is 35.9 Å². The van der Waals surface area contributed by atoms with E-state index in [-0.39, 0.29) is 0 Å². The van der Waals surface area contributed by atoms with Gasteiger partial charge in [0, 0.05) is 0 Å². The SMILES string of the molecule is NC(=O)[C@@H](NCl)c1ccccc1. The van der Waals surface area contributed by atoms with Gasteiger partial charge in [0.05, 0.1) is 0 Å². The minimum absolute atomic E-state index is 0.490. The minimum atomic E-state index is -0.618.